The molecule has 6 heteroatoms. The molecule has 20 heavy (non-hydrogen) atoms. The van der Waals surface area contributed by atoms with E-state index in [1.165, 1.54) is 0 Å². The van der Waals surface area contributed by atoms with Gasteiger partial charge < -0.3 is 5.32 Å². The summed E-state index contributed by atoms with van der Waals surface area (Å²) in [7, 11) is 1.72. The van der Waals surface area contributed by atoms with E-state index in [1.807, 2.05) is 0 Å². The van der Waals surface area contributed by atoms with E-state index in [1.54, 1.807) is 33.0 Å². The lowest BCUT2D eigenvalue weighted by Crippen LogP contribution is -2.07. The van der Waals surface area contributed by atoms with Crippen molar-refractivity contribution >= 4 is 5.82 Å². The van der Waals surface area contributed by atoms with Crippen molar-refractivity contribution in [2.24, 2.45) is 0 Å². The smallest absolute Gasteiger partial charge is 0.372 e. The van der Waals surface area contributed by atoms with Crippen LogP contribution in [0.25, 0.3) is 11.3 Å². The van der Waals surface area contributed by atoms with Crippen molar-refractivity contribution in [3.8, 4) is 11.3 Å². The Balaban J connectivity index is 2.52. The SMILES string of the molecule is CNc1ccc(-c2c(C)cc(C(F)(F)F)cc2C)nn1. The summed E-state index contributed by atoms with van der Waals surface area (Å²) in [4.78, 5) is 0. The molecule has 0 aliphatic rings. The van der Waals surface area contributed by atoms with Crippen LogP contribution >= 0.6 is 0 Å². The highest BCUT2D eigenvalue weighted by Crippen LogP contribution is 2.34. The van der Waals surface area contributed by atoms with Crippen LogP contribution in [0.2, 0.25) is 0 Å². The van der Waals surface area contributed by atoms with Crippen molar-refractivity contribution in [1.29, 1.82) is 0 Å². The van der Waals surface area contributed by atoms with Crippen LogP contribution < -0.4 is 5.32 Å². The maximum atomic E-state index is 12.7. The fraction of sp³-hybridized carbons (Fsp3) is 0.286. The van der Waals surface area contributed by atoms with Gasteiger partial charge in [-0.25, -0.2) is 0 Å². The van der Waals surface area contributed by atoms with Crippen LogP contribution in [0.1, 0.15) is 16.7 Å². The summed E-state index contributed by atoms with van der Waals surface area (Å²) in [5.74, 6) is 0.607. The normalized spacial score (nSPS) is 11.5. The van der Waals surface area contributed by atoms with E-state index in [4.69, 9.17) is 0 Å². The van der Waals surface area contributed by atoms with Crippen LogP contribution in [0.15, 0.2) is 24.3 Å². The molecule has 0 atom stereocenters. The highest BCUT2D eigenvalue weighted by atomic mass is 19.4. The highest BCUT2D eigenvalue weighted by Gasteiger charge is 2.31. The number of hydrogen-bond donors (Lipinski definition) is 1. The van der Waals surface area contributed by atoms with E-state index in [2.05, 4.69) is 15.5 Å². The molecule has 0 saturated heterocycles. The lowest BCUT2D eigenvalue weighted by atomic mass is 9.96. The molecule has 0 aliphatic heterocycles. The van der Waals surface area contributed by atoms with Crippen molar-refractivity contribution in [3.63, 3.8) is 0 Å². The van der Waals surface area contributed by atoms with Crippen molar-refractivity contribution in [2.75, 3.05) is 12.4 Å². The van der Waals surface area contributed by atoms with E-state index in [-0.39, 0.29) is 0 Å². The lowest BCUT2D eigenvalue weighted by molar-refractivity contribution is -0.137. The van der Waals surface area contributed by atoms with E-state index < -0.39 is 11.7 Å². The average molecular weight is 281 g/mol. The average Bonchev–Trinajstić information content (AvgIpc) is 2.37. The van der Waals surface area contributed by atoms with Gasteiger partial charge in [-0.2, -0.15) is 13.2 Å². The van der Waals surface area contributed by atoms with Gasteiger partial charge in [0.1, 0.15) is 5.82 Å². The molecule has 106 valence electrons. The molecule has 2 rings (SSSR count). The first-order valence-corrected chi connectivity index (χ1v) is 6.03. The van der Waals surface area contributed by atoms with Gasteiger partial charge in [0, 0.05) is 12.6 Å². The molecule has 0 bridgehead atoms. The fourth-order valence-corrected chi connectivity index (χ4v) is 2.13. The Kier molecular flexibility index (Phi) is 3.65. The van der Waals surface area contributed by atoms with Gasteiger partial charge in [0.2, 0.25) is 0 Å². The van der Waals surface area contributed by atoms with Crippen LogP contribution in [0.4, 0.5) is 19.0 Å². The summed E-state index contributed by atoms with van der Waals surface area (Å²) in [6.45, 7) is 3.29. The molecular weight excluding hydrogens is 267 g/mol. The summed E-state index contributed by atoms with van der Waals surface area (Å²) >= 11 is 0. The van der Waals surface area contributed by atoms with E-state index in [0.717, 1.165) is 12.1 Å². The minimum Gasteiger partial charge on any atom is -0.372 e. The van der Waals surface area contributed by atoms with Crippen LogP contribution in [0.3, 0.4) is 0 Å². The van der Waals surface area contributed by atoms with Gasteiger partial charge >= 0.3 is 6.18 Å². The summed E-state index contributed by atoms with van der Waals surface area (Å²) in [6.07, 6.45) is -4.34. The molecule has 1 aromatic carbocycles. The molecule has 2 aromatic rings. The van der Waals surface area contributed by atoms with Crippen LogP contribution in [-0.4, -0.2) is 17.2 Å². The Morgan fingerprint density at radius 1 is 1.00 bits per heavy atom. The van der Waals surface area contributed by atoms with E-state index in [9.17, 15) is 13.2 Å². The second kappa shape index (κ2) is 5.11. The topological polar surface area (TPSA) is 37.8 Å². The van der Waals surface area contributed by atoms with E-state index >= 15 is 0 Å². The number of alkyl halides is 3. The van der Waals surface area contributed by atoms with E-state index in [0.29, 0.717) is 28.2 Å². The second-order valence-corrected chi connectivity index (χ2v) is 4.54. The minimum atomic E-state index is -4.34. The molecule has 0 aliphatic carbocycles. The third kappa shape index (κ3) is 2.74. The number of nitrogens with one attached hydrogen (secondary N) is 1. The van der Waals surface area contributed by atoms with Gasteiger partial charge in [0.05, 0.1) is 11.3 Å². The van der Waals surface area contributed by atoms with Gasteiger partial charge in [-0.15, -0.1) is 10.2 Å². The third-order valence-electron chi connectivity index (χ3n) is 3.04. The molecular formula is C14H14F3N3. The predicted molar refractivity (Wildman–Crippen MR) is 71.5 cm³/mol. The molecule has 0 unspecified atom stereocenters. The molecule has 1 N–H and O–H groups in total. The van der Waals surface area contributed by atoms with Crippen molar-refractivity contribution in [2.45, 2.75) is 20.0 Å². The van der Waals surface area contributed by atoms with Gasteiger partial charge in [0.25, 0.3) is 0 Å². The number of aryl methyl sites for hydroxylation is 2. The first-order chi connectivity index (χ1) is 9.32. The Labute approximate surface area is 114 Å². The number of aromatic nitrogens is 2. The zero-order valence-corrected chi connectivity index (χ0v) is 11.3. The van der Waals surface area contributed by atoms with Crippen LogP contribution in [0.5, 0.6) is 0 Å². The standard InChI is InChI=1S/C14H14F3N3/c1-8-6-10(14(15,16)17)7-9(2)13(8)11-4-5-12(18-3)20-19-11/h4-7H,1-3H3,(H,18,20). The summed E-state index contributed by atoms with van der Waals surface area (Å²) in [6, 6.07) is 5.74. The number of anilines is 1. The van der Waals surface area contributed by atoms with Crippen LogP contribution in [0, 0.1) is 13.8 Å². The quantitative estimate of drug-likeness (QED) is 0.909. The second-order valence-electron chi connectivity index (χ2n) is 4.54. The lowest BCUT2D eigenvalue weighted by Gasteiger charge is -2.14. The molecule has 0 saturated carbocycles. The zero-order valence-electron chi connectivity index (χ0n) is 11.3. The number of benzene rings is 1. The molecule has 0 radical (unpaired) electrons. The zero-order chi connectivity index (χ0) is 14.9. The summed E-state index contributed by atoms with van der Waals surface area (Å²) < 4.78 is 38.2. The van der Waals surface area contributed by atoms with Crippen molar-refractivity contribution in [3.05, 3.63) is 41.0 Å². The largest absolute Gasteiger partial charge is 0.416 e. The summed E-state index contributed by atoms with van der Waals surface area (Å²) in [5, 5.41) is 10.8. The maximum Gasteiger partial charge on any atom is 0.416 e. The number of hydrogen-bond acceptors (Lipinski definition) is 3. The monoisotopic (exact) mass is 281 g/mol. The Bertz CT molecular complexity index is 596. The fourth-order valence-electron chi connectivity index (χ4n) is 2.13. The summed E-state index contributed by atoms with van der Waals surface area (Å²) in [5.41, 5.74) is 1.67. The Morgan fingerprint density at radius 3 is 2.00 bits per heavy atom. The minimum absolute atomic E-state index is 0.531. The van der Waals surface area contributed by atoms with Gasteiger partial charge in [-0.1, -0.05) is 0 Å². The number of nitrogens with zero attached hydrogens (tertiary/aromatic N) is 2. The highest BCUT2D eigenvalue weighted by molar-refractivity contribution is 5.68. The first-order valence-electron chi connectivity index (χ1n) is 6.03. The number of halogens is 3. The Hall–Kier alpha value is -2.11. The molecule has 1 heterocycles. The molecule has 0 spiro atoms. The first kappa shape index (κ1) is 14.3. The van der Waals surface area contributed by atoms with Gasteiger partial charge in [-0.3, -0.25) is 0 Å². The molecule has 0 fully saturated rings. The molecule has 1 aromatic heterocycles. The van der Waals surface area contributed by atoms with Gasteiger partial charge in [0.15, 0.2) is 0 Å². The predicted octanol–water partition coefficient (Wildman–Crippen LogP) is 3.82. The molecule has 3 nitrogen and oxygen atoms in total. The third-order valence-corrected chi connectivity index (χ3v) is 3.04. The molecule has 0 amide bonds. The Morgan fingerprint density at radius 2 is 1.60 bits per heavy atom. The van der Waals surface area contributed by atoms with Crippen molar-refractivity contribution in [1.82, 2.24) is 10.2 Å². The van der Waals surface area contributed by atoms with Crippen LogP contribution in [-0.2, 0) is 6.18 Å². The number of rotatable bonds is 2. The van der Waals surface area contributed by atoms with Gasteiger partial charge in [-0.05, 0) is 49.2 Å². The maximum absolute atomic E-state index is 12.7. The van der Waals surface area contributed by atoms with Crippen molar-refractivity contribution < 1.29 is 13.2 Å².